The average Bonchev–Trinajstić information content (AvgIpc) is 1.97. The number of thioether (sulfide) groups is 1. The third-order valence-electron chi connectivity index (χ3n) is 1.24. The molecule has 11 heavy (non-hydrogen) atoms. The molecular weight excluding hydrogens is 168 g/mol. The fourth-order valence-electron chi connectivity index (χ4n) is 0.720. The highest BCUT2D eigenvalue weighted by Gasteiger charge is 2.06. The van der Waals surface area contributed by atoms with E-state index in [0.29, 0.717) is 5.75 Å². The molecule has 0 aliphatic heterocycles. The summed E-state index contributed by atoms with van der Waals surface area (Å²) in [7, 11) is 0. The fraction of sp³-hybridized carbons (Fsp3) is 0.286. The molecule has 0 amide bonds. The quantitative estimate of drug-likeness (QED) is 0.683. The van der Waals surface area contributed by atoms with Gasteiger partial charge in [-0.05, 0) is 6.26 Å². The molecule has 0 aliphatic rings. The van der Waals surface area contributed by atoms with Crippen LogP contribution in [0.4, 0.5) is 8.78 Å². The van der Waals surface area contributed by atoms with Gasteiger partial charge in [-0.25, -0.2) is 8.78 Å². The van der Waals surface area contributed by atoms with Gasteiger partial charge in [0, 0.05) is 11.3 Å². The van der Waals surface area contributed by atoms with Crippen molar-refractivity contribution in [1.29, 1.82) is 0 Å². The molecule has 4 heteroatoms. The van der Waals surface area contributed by atoms with Crippen molar-refractivity contribution in [3.05, 3.63) is 29.6 Å². The molecule has 0 radical (unpaired) electrons. The minimum absolute atomic E-state index is 0.104. The van der Waals surface area contributed by atoms with Gasteiger partial charge in [0.05, 0.1) is 12.4 Å². The summed E-state index contributed by atoms with van der Waals surface area (Å²) >= 11 is 1.38. The van der Waals surface area contributed by atoms with E-state index in [-0.39, 0.29) is 5.56 Å². The Morgan fingerprint density at radius 3 is 2.36 bits per heavy atom. The summed E-state index contributed by atoms with van der Waals surface area (Å²) in [5, 5.41) is 0. The van der Waals surface area contributed by atoms with Crippen LogP contribution >= 0.6 is 11.8 Å². The van der Waals surface area contributed by atoms with Gasteiger partial charge in [0.25, 0.3) is 0 Å². The average molecular weight is 175 g/mol. The second kappa shape index (κ2) is 3.67. The van der Waals surface area contributed by atoms with E-state index in [2.05, 4.69) is 4.98 Å². The highest BCUT2D eigenvalue weighted by molar-refractivity contribution is 7.97. The Morgan fingerprint density at radius 2 is 1.91 bits per heavy atom. The van der Waals surface area contributed by atoms with Crippen molar-refractivity contribution in [2.75, 3.05) is 6.26 Å². The maximum Gasteiger partial charge on any atom is 0.148 e. The second-order valence-corrected chi connectivity index (χ2v) is 2.88. The molecule has 1 rings (SSSR count). The van der Waals surface area contributed by atoms with Crippen molar-refractivity contribution in [2.45, 2.75) is 5.75 Å². The van der Waals surface area contributed by atoms with Crippen LogP contribution in [0.2, 0.25) is 0 Å². The van der Waals surface area contributed by atoms with Gasteiger partial charge in [-0.1, -0.05) is 0 Å². The first-order valence-corrected chi connectivity index (χ1v) is 4.42. The van der Waals surface area contributed by atoms with Crippen LogP contribution in [-0.2, 0) is 5.75 Å². The number of hydrogen-bond acceptors (Lipinski definition) is 2. The molecule has 0 N–H and O–H groups in total. The molecule has 0 bridgehead atoms. The lowest BCUT2D eigenvalue weighted by Gasteiger charge is -2.00. The number of aromatic nitrogens is 1. The Balaban J connectivity index is 3.00. The molecular formula is C7H7F2NS. The SMILES string of the molecule is CSCc1c(F)cncc1F. The number of nitrogens with zero attached hydrogens (tertiary/aromatic N) is 1. The van der Waals surface area contributed by atoms with Gasteiger partial charge in [-0.2, -0.15) is 11.8 Å². The van der Waals surface area contributed by atoms with Crippen molar-refractivity contribution in [3.8, 4) is 0 Å². The van der Waals surface area contributed by atoms with Crippen molar-refractivity contribution < 1.29 is 8.78 Å². The Morgan fingerprint density at radius 1 is 1.36 bits per heavy atom. The number of pyridine rings is 1. The lowest BCUT2D eigenvalue weighted by Crippen LogP contribution is -1.94. The molecule has 60 valence electrons. The maximum atomic E-state index is 12.7. The third-order valence-corrected chi connectivity index (χ3v) is 1.82. The molecule has 0 saturated carbocycles. The van der Waals surface area contributed by atoms with Gasteiger partial charge >= 0.3 is 0 Å². The molecule has 1 aromatic heterocycles. The van der Waals surface area contributed by atoms with Gasteiger partial charge in [0.1, 0.15) is 11.6 Å². The summed E-state index contributed by atoms with van der Waals surface area (Å²) in [6, 6.07) is 0. The van der Waals surface area contributed by atoms with Crippen molar-refractivity contribution in [2.24, 2.45) is 0 Å². The second-order valence-electron chi connectivity index (χ2n) is 2.01. The monoisotopic (exact) mass is 175 g/mol. The summed E-state index contributed by atoms with van der Waals surface area (Å²) in [5.41, 5.74) is 0.104. The van der Waals surface area contributed by atoms with Gasteiger partial charge in [-0.3, -0.25) is 4.98 Å². The third kappa shape index (κ3) is 1.89. The number of hydrogen-bond donors (Lipinski definition) is 0. The predicted octanol–water partition coefficient (Wildman–Crippen LogP) is 2.22. The highest BCUT2D eigenvalue weighted by atomic mass is 32.2. The van der Waals surface area contributed by atoms with Gasteiger partial charge < -0.3 is 0 Å². The summed E-state index contributed by atoms with van der Waals surface area (Å²) in [5.74, 6) is -0.793. The van der Waals surface area contributed by atoms with Gasteiger partial charge in [-0.15, -0.1) is 0 Å². The standard InChI is InChI=1S/C7H7F2NS/c1-11-4-5-6(8)2-10-3-7(5)9/h2-3H,4H2,1H3. The van der Waals surface area contributed by atoms with E-state index >= 15 is 0 Å². The lowest BCUT2D eigenvalue weighted by molar-refractivity contribution is 0.556. The van der Waals surface area contributed by atoms with Gasteiger partial charge in [0.15, 0.2) is 0 Å². The van der Waals surface area contributed by atoms with E-state index in [9.17, 15) is 8.78 Å². The zero-order valence-electron chi connectivity index (χ0n) is 5.97. The molecule has 1 heterocycles. The van der Waals surface area contributed by atoms with Crippen LogP contribution in [0.5, 0.6) is 0 Å². The molecule has 0 aromatic carbocycles. The first-order chi connectivity index (χ1) is 5.25. The largest absolute Gasteiger partial charge is 0.259 e. The van der Waals surface area contributed by atoms with Crippen LogP contribution < -0.4 is 0 Å². The summed E-state index contributed by atoms with van der Waals surface area (Å²) in [6.07, 6.45) is 3.84. The molecule has 0 saturated heterocycles. The van der Waals surface area contributed by atoms with Crippen LogP contribution in [0, 0.1) is 11.6 Å². The molecule has 0 aliphatic carbocycles. The molecule has 0 atom stereocenters. The zero-order chi connectivity index (χ0) is 8.27. The van der Waals surface area contributed by atoms with E-state index in [0.717, 1.165) is 12.4 Å². The van der Waals surface area contributed by atoms with E-state index in [1.165, 1.54) is 11.8 Å². The Bertz CT molecular complexity index is 232. The summed E-state index contributed by atoms with van der Waals surface area (Å²) in [6.45, 7) is 0. The normalized spacial score (nSPS) is 10.1. The molecule has 0 fully saturated rings. The smallest absolute Gasteiger partial charge is 0.148 e. The predicted molar refractivity (Wildman–Crippen MR) is 41.4 cm³/mol. The molecule has 0 spiro atoms. The first kappa shape index (κ1) is 8.46. The first-order valence-electron chi connectivity index (χ1n) is 3.02. The maximum absolute atomic E-state index is 12.7. The molecule has 0 unspecified atom stereocenters. The van der Waals surface area contributed by atoms with Crippen molar-refractivity contribution in [1.82, 2.24) is 4.98 Å². The molecule has 1 nitrogen and oxygen atoms in total. The summed E-state index contributed by atoms with van der Waals surface area (Å²) in [4.78, 5) is 3.37. The summed E-state index contributed by atoms with van der Waals surface area (Å²) < 4.78 is 25.4. The number of halogens is 2. The fourth-order valence-corrected chi connectivity index (χ4v) is 1.28. The van der Waals surface area contributed by atoms with Crippen LogP contribution in [0.25, 0.3) is 0 Å². The lowest BCUT2D eigenvalue weighted by atomic mass is 10.3. The minimum Gasteiger partial charge on any atom is -0.259 e. The minimum atomic E-state index is -0.570. The van der Waals surface area contributed by atoms with Crippen molar-refractivity contribution in [3.63, 3.8) is 0 Å². The topological polar surface area (TPSA) is 12.9 Å². The van der Waals surface area contributed by atoms with E-state index < -0.39 is 11.6 Å². The molecule has 1 aromatic rings. The van der Waals surface area contributed by atoms with Gasteiger partial charge in [0.2, 0.25) is 0 Å². The van der Waals surface area contributed by atoms with Crippen molar-refractivity contribution >= 4 is 11.8 Å². The van der Waals surface area contributed by atoms with Crippen LogP contribution in [-0.4, -0.2) is 11.2 Å². The van der Waals surface area contributed by atoms with E-state index in [1.54, 1.807) is 6.26 Å². The Labute approximate surface area is 67.8 Å². The van der Waals surface area contributed by atoms with E-state index in [1.807, 2.05) is 0 Å². The van der Waals surface area contributed by atoms with Crippen LogP contribution in [0.15, 0.2) is 12.4 Å². The Hall–Kier alpha value is -0.640. The van der Waals surface area contributed by atoms with Crippen LogP contribution in [0.3, 0.4) is 0 Å². The highest BCUT2D eigenvalue weighted by Crippen LogP contribution is 2.15. The van der Waals surface area contributed by atoms with E-state index in [4.69, 9.17) is 0 Å². The Kier molecular flexibility index (Phi) is 2.82. The van der Waals surface area contributed by atoms with Crippen LogP contribution in [0.1, 0.15) is 5.56 Å². The zero-order valence-corrected chi connectivity index (χ0v) is 6.79. The number of rotatable bonds is 2.